The Bertz CT molecular complexity index is 1420. The summed E-state index contributed by atoms with van der Waals surface area (Å²) in [6, 6.07) is 19.7. The summed E-state index contributed by atoms with van der Waals surface area (Å²) in [5, 5.41) is 0.654. The van der Waals surface area contributed by atoms with Crippen molar-refractivity contribution in [1.29, 1.82) is 0 Å². The molecule has 1 aromatic heterocycles. The maximum atomic E-state index is 13.5. The Labute approximate surface area is 186 Å². The molecular formula is C23H17BrO4S2. The summed E-state index contributed by atoms with van der Waals surface area (Å²) in [5.41, 5.74) is 2.06. The van der Waals surface area contributed by atoms with Crippen LogP contribution in [0.25, 0.3) is 31.7 Å². The molecular weight excluding hydrogens is 484 g/mol. The average molecular weight is 501 g/mol. The monoisotopic (exact) mass is 500 g/mol. The van der Waals surface area contributed by atoms with E-state index < -0.39 is 9.84 Å². The summed E-state index contributed by atoms with van der Waals surface area (Å²) in [4.78, 5) is 14.5. The number of rotatable bonds is 4. The molecule has 152 valence electrons. The van der Waals surface area contributed by atoms with E-state index in [9.17, 15) is 13.2 Å². The third-order valence-electron chi connectivity index (χ3n) is 4.78. The van der Waals surface area contributed by atoms with Crippen LogP contribution in [-0.2, 0) is 9.84 Å². The Morgan fingerprint density at radius 2 is 1.60 bits per heavy atom. The first kappa shape index (κ1) is 20.8. The molecule has 0 amide bonds. The molecule has 0 aliphatic rings. The molecule has 0 atom stereocenters. The second kappa shape index (κ2) is 7.98. The van der Waals surface area contributed by atoms with Gasteiger partial charge in [0, 0.05) is 26.8 Å². The molecule has 0 fully saturated rings. The Balaban J connectivity index is 2.02. The normalized spacial score (nSPS) is 11.6. The fourth-order valence-electron chi connectivity index (χ4n) is 3.28. The molecule has 0 saturated carbocycles. The third kappa shape index (κ3) is 3.80. The van der Waals surface area contributed by atoms with Gasteiger partial charge in [0.15, 0.2) is 15.3 Å². The van der Waals surface area contributed by atoms with Gasteiger partial charge in [-0.2, -0.15) is 0 Å². The van der Waals surface area contributed by atoms with Crippen LogP contribution in [0.1, 0.15) is 0 Å². The van der Waals surface area contributed by atoms with Gasteiger partial charge in [-0.15, -0.1) is 11.3 Å². The predicted molar refractivity (Wildman–Crippen MR) is 126 cm³/mol. The van der Waals surface area contributed by atoms with E-state index in [1.165, 1.54) is 17.6 Å². The molecule has 0 bridgehead atoms. The lowest BCUT2D eigenvalue weighted by atomic mass is 10.0. The fourth-order valence-corrected chi connectivity index (χ4v) is 5.66. The highest BCUT2D eigenvalue weighted by atomic mass is 79.9. The van der Waals surface area contributed by atoms with Crippen LogP contribution in [0.4, 0.5) is 0 Å². The number of benzene rings is 3. The smallest absolute Gasteiger partial charge is 0.196 e. The summed E-state index contributed by atoms with van der Waals surface area (Å²) in [6.45, 7) is 0. The molecule has 0 unspecified atom stereocenters. The Morgan fingerprint density at radius 3 is 2.23 bits per heavy atom. The van der Waals surface area contributed by atoms with Gasteiger partial charge in [-0.1, -0.05) is 30.3 Å². The van der Waals surface area contributed by atoms with Crippen LogP contribution in [0.5, 0.6) is 5.75 Å². The number of fused-ring (bicyclic) bond motifs is 1. The van der Waals surface area contributed by atoms with Crippen molar-refractivity contribution in [2.75, 3.05) is 13.4 Å². The van der Waals surface area contributed by atoms with E-state index in [1.54, 1.807) is 31.4 Å². The van der Waals surface area contributed by atoms with E-state index in [2.05, 4.69) is 15.9 Å². The molecule has 0 aliphatic carbocycles. The van der Waals surface area contributed by atoms with Crippen LogP contribution in [0.3, 0.4) is 0 Å². The standard InChI is InChI=1S/C23H17BrO4S2/c1-28-19-12-9-15(13-18(19)24)21-22(25)17-5-3-4-6-20(17)29-23(21)14-7-10-16(11-8-14)30(2,26)27/h3-13H,1-2H3. The second-order valence-electron chi connectivity index (χ2n) is 6.78. The molecule has 1 heterocycles. The Morgan fingerprint density at radius 1 is 0.933 bits per heavy atom. The summed E-state index contributed by atoms with van der Waals surface area (Å²) in [5.74, 6) is 0.676. The third-order valence-corrected chi connectivity index (χ3v) is 7.75. The molecule has 0 aliphatic heterocycles. The van der Waals surface area contributed by atoms with E-state index >= 15 is 0 Å². The number of hydrogen-bond donors (Lipinski definition) is 0. The lowest BCUT2D eigenvalue weighted by Crippen LogP contribution is -2.06. The molecule has 4 rings (SSSR count). The van der Waals surface area contributed by atoms with Crippen LogP contribution < -0.4 is 10.2 Å². The first-order chi connectivity index (χ1) is 14.3. The summed E-state index contributed by atoms with van der Waals surface area (Å²) < 4.78 is 30.6. The quantitative estimate of drug-likeness (QED) is 0.356. The van der Waals surface area contributed by atoms with E-state index in [0.717, 1.165) is 25.2 Å². The summed E-state index contributed by atoms with van der Waals surface area (Å²) in [6.07, 6.45) is 1.18. The van der Waals surface area contributed by atoms with Gasteiger partial charge in [0.25, 0.3) is 0 Å². The van der Waals surface area contributed by atoms with Crippen molar-refractivity contribution in [2.24, 2.45) is 0 Å². The minimum absolute atomic E-state index is 0.0661. The van der Waals surface area contributed by atoms with Gasteiger partial charge in [-0.3, -0.25) is 4.79 Å². The molecule has 4 nitrogen and oxygen atoms in total. The number of sulfone groups is 1. The first-order valence-corrected chi connectivity index (χ1v) is 12.5. The Kier molecular flexibility index (Phi) is 5.53. The van der Waals surface area contributed by atoms with Crippen molar-refractivity contribution >= 4 is 47.2 Å². The molecule has 0 N–H and O–H groups in total. The SMILES string of the molecule is COc1ccc(-c2c(-c3ccc(S(C)(=O)=O)cc3)sc3ccccc3c2=O)cc1Br. The van der Waals surface area contributed by atoms with Crippen molar-refractivity contribution < 1.29 is 13.2 Å². The van der Waals surface area contributed by atoms with Crippen LogP contribution >= 0.6 is 27.3 Å². The minimum Gasteiger partial charge on any atom is -0.496 e. The van der Waals surface area contributed by atoms with Crippen molar-refractivity contribution in [3.8, 4) is 27.3 Å². The highest BCUT2D eigenvalue weighted by Crippen LogP contribution is 2.39. The molecule has 0 radical (unpaired) electrons. The number of hydrogen-bond acceptors (Lipinski definition) is 5. The average Bonchev–Trinajstić information content (AvgIpc) is 2.73. The van der Waals surface area contributed by atoms with Gasteiger partial charge < -0.3 is 4.74 Å². The van der Waals surface area contributed by atoms with Gasteiger partial charge in [0.05, 0.1) is 16.5 Å². The lowest BCUT2D eigenvalue weighted by Gasteiger charge is -2.13. The number of methoxy groups -OCH3 is 1. The van der Waals surface area contributed by atoms with Crippen LogP contribution in [0, 0.1) is 0 Å². The van der Waals surface area contributed by atoms with Gasteiger partial charge in [-0.25, -0.2) is 8.42 Å². The zero-order valence-electron chi connectivity index (χ0n) is 16.2. The molecule has 3 aromatic carbocycles. The maximum Gasteiger partial charge on any atom is 0.196 e. The summed E-state index contributed by atoms with van der Waals surface area (Å²) >= 11 is 5.01. The second-order valence-corrected chi connectivity index (χ2v) is 10.7. The van der Waals surface area contributed by atoms with Crippen LogP contribution in [0.15, 0.2) is 80.9 Å². The van der Waals surface area contributed by atoms with Gasteiger partial charge >= 0.3 is 0 Å². The zero-order chi connectivity index (χ0) is 21.5. The summed E-state index contributed by atoms with van der Waals surface area (Å²) in [7, 11) is -1.71. The highest BCUT2D eigenvalue weighted by Gasteiger charge is 2.18. The molecule has 7 heteroatoms. The lowest BCUT2D eigenvalue weighted by molar-refractivity contribution is 0.412. The van der Waals surface area contributed by atoms with E-state index in [1.807, 2.05) is 42.5 Å². The predicted octanol–water partition coefficient (Wildman–Crippen LogP) is 5.77. The van der Waals surface area contributed by atoms with Crippen molar-refractivity contribution in [3.63, 3.8) is 0 Å². The number of halogens is 1. The largest absolute Gasteiger partial charge is 0.496 e. The Hall–Kier alpha value is -2.48. The van der Waals surface area contributed by atoms with Crippen LogP contribution in [-0.4, -0.2) is 21.8 Å². The highest BCUT2D eigenvalue weighted by molar-refractivity contribution is 9.10. The van der Waals surface area contributed by atoms with E-state index in [0.29, 0.717) is 16.7 Å². The molecule has 0 saturated heterocycles. The minimum atomic E-state index is -3.30. The molecule has 0 spiro atoms. The van der Waals surface area contributed by atoms with Crippen molar-refractivity contribution in [3.05, 3.63) is 81.4 Å². The number of ether oxygens (including phenoxy) is 1. The van der Waals surface area contributed by atoms with Gasteiger partial charge in [0.1, 0.15) is 5.75 Å². The fraction of sp³-hybridized carbons (Fsp3) is 0.0870. The first-order valence-electron chi connectivity index (χ1n) is 9.00. The van der Waals surface area contributed by atoms with Gasteiger partial charge in [0.2, 0.25) is 0 Å². The van der Waals surface area contributed by atoms with Crippen molar-refractivity contribution in [2.45, 2.75) is 4.90 Å². The molecule has 4 aromatic rings. The molecule has 30 heavy (non-hydrogen) atoms. The van der Waals surface area contributed by atoms with E-state index in [-0.39, 0.29) is 10.3 Å². The topological polar surface area (TPSA) is 60.4 Å². The van der Waals surface area contributed by atoms with Crippen LogP contribution in [0.2, 0.25) is 0 Å². The maximum absolute atomic E-state index is 13.5. The van der Waals surface area contributed by atoms with E-state index in [4.69, 9.17) is 4.74 Å². The zero-order valence-corrected chi connectivity index (χ0v) is 19.4. The van der Waals surface area contributed by atoms with Gasteiger partial charge in [-0.05, 0) is 63.5 Å². The van der Waals surface area contributed by atoms with Crippen molar-refractivity contribution in [1.82, 2.24) is 0 Å².